The highest BCUT2D eigenvalue weighted by Crippen LogP contribution is 2.35. The molecule has 1 heterocycles. The third-order valence-electron chi connectivity index (χ3n) is 4.32. The molecule has 1 aliphatic rings. The van der Waals surface area contributed by atoms with Crippen LogP contribution in [0.3, 0.4) is 0 Å². The number of benzene rings is 2. The van der Waals surface area contributed by atoms with E-state index < -0.39 is 17.6 Å². The molecule has 156 valence electrons. The second kappa shape index (κ2) is 9.01. The molecule has 2 aromatic rings. The second-order valence-corrected chi connectivity index (χ2v) is 8.26. The van der Waals surface area contributed by atoms with Gasteiger partial charge in [-0.2, -0.15) is 13.2 Å². The Balaban J connectivity index is 1.63. The number of anilines is 1. The van der Waals surface area contributed by atoms with Crippen molar-refractivity contribution in [2.75, 3.05) is 11.9 Å². The number of hydrogen-bond acceptors (Lipinski definition) is 4. The molecule has 1 aliphatic heterocycles. The minimum absolute atomic E-state index is 0.0179. The fraction of sp³-hybridized carbons (Fsp3) is 0.190. The van der Waals surface area contributed by atoms with Crippen LogP contribution in [0.5, 0.6) is 0 Å². The number of aryl methyl sites for hydroxylation is 1. The zero-order valence-electron chi connectivity index (χ0n) is 15.8. The monoisotopic (exact) mass is 450 g/mol. The van der Waals surface area contributed by atoms with Crippen LogP contribution >= 0.6 is 24.0 Å². The predicted molar refractivity (Wildman–Crippen MR) is 116 cm³/mol. The summed E-state index contributed by atoms with van der Waals surface area (Å²) in [7, 11) is 0. The Hall–Kier alpha value is -2.65. The molecule has 3 rings (SSSR count). The van der Waals surface area contributed by atoms with E-state index in [4.69, 9.17) is 12.2 Å². The van der Waals surface area contributed by atoms with E-state index in [0.717, 1.165) is 29.0 Å². The SMILES string of the molecule is Cc1ccc(/C=C2\SC(=S)N(CCC(=O)Nc3ccccc3C(F)(F)F)C2=O)cc1. The largest absolute Gasteiger partial charge is 0.418 e. The zero-order chi connectivity index (χ0) is 21.9. The number of nitrogens with one attached hydrogen (secondary N) is 1. The highest BCUT2D eigenvalue weighted by atomic mass is 32.2. The van der Waals surface area contributed by atoms with Crippen molar-refractivity contribution >= 4 is 51.9 Å². The van der Waals surface area contributed by atoms with E-state index in [1.807, 2.05) is 31.2 Å². The Morgan fingerprint density at radius 1 is 1.17 bits per heavy atom. The molecule has 1 N–H and O–H groups in total. The van der Waals surface area contributed by atoms with Gasteiger partial charge in [0.25, 0.3) is 5.91 Å². The molecule has 0 unspecified atom stereocenters. The Labute approximate surface area is 181 Å². The molecule has 1 fully saturated rings. The van der Waals surface area contributed by atoms with Crippen molar-refractivity contribution < 1.29 is 22.8 Å². The Morgan fingerprint density at radius 3 is 2.50 bits per heavy atom. The van der Waals surface area contributed by atoms with Crippen LogP contribution in [0, 0.1) is 6.92 Å². The van der Waals surface area contributed by atoms with Crippen LogP contribution in [0.15, 0.2) is 53.4 Å². The summed E-state index contributed by atoms with van der Waals surface area (Å²) in [5, 5.41) is 2.27. The van der Waals surface area contributed by atoms with E-state index >= 15 is 0 Å². The fourth-order valence-corrected chi connectivity index (χ4v) is 4.08. The molecule has 0 spiro atoms. The van der Waals surface area contributed by atoms with Crippen molar-refractivity contribution in [1.29, 1.82) is 0 Å². The van der Waals surface area contributed by atoms with Gasteiger partial charge in [0, 0.05) is 13.0 Å². The number of carbonyl (C=O) groups is 2. The summed E-state index contributed by atoms with van der Waals surface area (Å²) in [6, 6.07) is 12.4. The van der Waals surface area contributed by atoms with Crippen molar-refractivity contribution in [3.05, 3.63) is 70.1 Å². The summed E-state index contributed by atoms with van der Waals surface area (Å²) >= 11 is 6.36. The zero-order valence-corrected chi connectivity index (χ0v) is 17.5. The predicted octanol–water partition coefficient (Wildman–Crippen LogP) is 5.24. The molecule has 0 saturated carbocycles. The Kier molecular flexibility index (Phi) is 6.62. The van der Waals surface area contributed by atoms with Crippen molar-refractivity contribution in [2.45, 2.75) is 19.5 Å². The van der Waals surface area contributed by atoms with E-state index in [1.165, 1.54) is 23.1 Å². The smallest absolute Gasteiger partial charge is 0.325 e. The quantitative estimate of drug-likeness (QED) is 0.500. The number of carbonyl (C=O) groups excluding carboxylic acids is 2. The summed E-state index contributed by atoms with van der Waals surface area (Å²) in [4.78, 5) is 26.5. The average molecular weight is 451 g/mol. The van der Waals surface area contributed by atoms with E-state index in [1.54, 1.807) is 6.08 Å². The maximum absolute atomic E-state index is 13.0. The van der Waals surface area contributed by atoms with Gasteiger partial charge in [-0.15, -0.1) is 0 Å². The molecule has 1 saturated heterocycles. The highest BCUT2D eigenvalue weighted by molar-refractivity contribution is 8.26. The van der Waals surface area contributed by atoms with Gasteiger partial charge in [0.2, 0.25) is 5.91 Å². The molecule has 0 bridgehead atoms. The average Bonchev–Trinajstić information content (AvgIpc) is 2.94. The lowest BCUT2D eigenvalue weighted by molar-refractivity contribution is -0.137. The normalized spacial score (nSPS) is 15.7. The number of rotatable bonds is 5. The van der Waals surface area contributed by atoms with Gasteiger partial charge in [-0.3, -0.25) is 14.5 Å². The number of amides is 2. The standard InChI is InChI=1S/C21H17F3N2O2S2/c1-13-6-8-14(9-7-13)12-17-19(28)26(20(29)30-17)11-10-18(27)25-16-5-3-2-4-15(16)21(22,23)24/h2-9,12H,10-11H2,1H3,(H,25,27)/b17-12-. The van der Waals surface area contributed by atoms with Crippen molar-refractivity contribution in [3.63, 3.8) is 0 Å². The molecule has 2 amide bonds. The third kappa shape index (κ3) is 5.28. The summed E-state index contributed by atoms with van der Waals surface area (Å²) in [6.07, 6.45) is -3.04. The van der Waals surface area contributed by atoms with Crippen LogP contribution in [0.25, 0.3) is 6.08 Å². The van der Waals surface area contributed by atoms with Gasteiger partial charge < -0.3 is 5.32 Å². The van der Waals surface area contributed by atoms with Gasteiger partial charge >= 0.3 is 6.18 Å². The van der Waals surface area contributed by atoms with E-state index in [-0.39, 0.29) is 24.6 Å². The van der Waals surface area contributed by atoms with Gasteiger partial charge in [-0.05, 0) is 30.7 Å². The Morgan fingerprint density at radius 2 is 1.83 bits per heavy atom. The lowest BCUT2D eigenvalue weighted by Gasteiger charge is -2.16. The summed E-state index contributed by atoms with van der Waals surface area (Å²) < 4.78 is 39.4. The third-order valence-corrected chi connectivity index (χ3v) is 5.70. The number of halogens is 3. The van der Waals surface area contributed by atoms with Crippen LogP contribution < -0.4 is 5.32 Å². The van der Waals surface area contributed by atoms with Crippen LogP contribution in [0.1, 0.15) is 23.1 Å². The lowest BCUT2D eigenvalue weighted by atomic mass is 10.1. The van der Waals surface area contributed by atoms with Crippen molar-refractivity contribution in [2.24, 2.45) is 0 Å². The number of nitrogens with zero attached hydrogens (tertiary/aromatic N) is 1. The molecule has 4 nitrogen and oxygen atoms in total. The van der Waals surface area contributed by atoms with Gasteiger partial charge in [-0.25, -0.2) is 0 Å². The van der Waals surface area contributed by atoms with Gasteiger partial charge in [0.1, 0.15) is 4.32 Å². The number of hydrogen-bond donors (Lipinski definition) is 1. The van der Waals surface area contributed by atoms with E-state index in [2.05, 4.69) is 5.32 Å². The first kappa shape index (κ1) is 22.0. The van der Waals surface area contributed by atoms with Gasteiger partial charge in [0.15, 0.2) is 0 Å². The molecule has 0 radical (unpaired) electrons. The first-order valence-corrected chi connectivity index (χ1v) is 10.2. The van der Waals surface area contributed by atoms with Gasteiger partial charge in [-0.1, -0.05) is 65.9 Å². The number of para-hydroxylation sites is 1. The van der Waals surface area contributed by atoms with Crippen LogP contribution in [0.2, 0.25) is 0 Å². The number of thioether (sulfide) groups is 1. The molecule has 2 aromatic carbocycles. The number of thiocarbonyl (C=S) groups is 1. The summed E-state index contributed by atoms with van der Waals surface area (Å²) in [6.45, 7) is 1.94. The molecule has 9 heteroatoms. The molecule has 0 aromatic heterocycles. The second-order valence-electron chi connectivity index (χ2n) is 6.59. The minimum atomic E-state index is -4.58. The first-order valence-electron chi connectivity index (χ1n) is 8.93. The molecule has 0 aliphatic carbocycles. The summed E-state index contributed by atoms with van der Waals surface area (Å²) in [5.41, 5.74) is 0.699. The lowest BCUT2D eigenvalue weighted by Crippen LogP contribution is -2.31. The van der Waals surface area contributed by atoms with Crippen LogP contribution in [0.4, 0.5) is 18.9 Å². The van der Waals surface area contributed by atoms with Crippen molar-refractivity contribution in [1.82, 2.24) is 4.90 Å². The molecular weight excluding hydrogens is 433 g/mol. The topological polar surface area (TPSA) is 49.4 Å². The fourth-order valence-electron chi connectivity index (χ4n) is 2.77. The van der Waals surface area contributed by atoms with E-state index in [9.17, 15) is 22.8 Å². The number of alkyl halides is 3. The molecule has 0 atom stereocenters. The summed E-state index contributed by atoms with van der Waals surface area (Å²) in [5.74, 6) is -0.961. The van der Waals surface area contributed by atoms with E-state index in [0.29, 0.717) is 9.23 Å². The maximum Gasteiger partial charge on any atom is 0.418 e. The first-order chi connectivity index (χ1) is 14.1. The molecule has 30 heavy (non-hydrogen) atoms. The Bertz CT molecular complexity index is 1020. The minimum Gasteiger partial charge on any atom is -0.325 e. The van der Waals surface area contributed by atoms with Gasteiger partial charge in [0.05, 0.1) is 16.2 Å². The van der Waals surface area contributed by atoms with Crippen molar-refractivity contribution in [3.8, 4) is 0 Å². The van der Waals surface area contributed by atoms with Crippen LogP contribution in [-0.4, -0.2) is 27.6 Å². The maximum atomic E-state index is 13.0. The van der Waals surface area contributed by atoms with Crippen LogP contribution in [-0.2, 0) is 15.8 Å². The highest BCUT2D eigenvalue weighted by Gasteiger charge is 2.34. The molecular formula is C21H17F3N2O2S2.